The third-order valence-corrected chi connectivity index (χ3v) is 6.01. The number of rotatable bonds is 8. The number of halogens is 2. The lowest BCUT2D eigenvalue weighted by Crippen LogP contribution is -2.13. The van der Waals surface area contributed by atoms with Gasteiger partial charge in [-0.15, -0.1) is 6.58 Å². The molecule has 2 unspecified atom stereocenters. The second-order valence-corrected chi connectivity index (χ2v) is 9.19. The number of hydrogen-bond donors (Lipinski definition) is 1. The van der Waals surface area contributed by atoms with Gasteiger partial charge in [0.2, 0.25) is 0 Å². The Balaban J connectivity index is 3.08. The van der Waals surface area contributed by atoms with Gasteiger partial charge in [0.05, 0.1) is 4.47 Å². The Labute approximate surface area is 153 Å². The molecule has 0 amide bonds. The smallest absolute Gasteiger partial charge is 0.142 e. The van der Waals surface area contributed by atoms with Crippen LogP contribution in [0.25, 0.3) is 0 Å². The monoisotopic (exact) mass is 401 g/mol. The van der Waals surface area contributed by atoms with Gasteiger partial charge < -0.3 is 0 Å². The van der Waals surface area contributed by atoms with Gasteiger partial charge in [-0.2, -0.15) is 0 Å². The zero-order valence-electron chi connectivity index (χ0n) is 14.9. The van der Waals surface area contributed by atoms with Gasteiger partial charge in [-0.3, -0.25) is 4.72 Å². The van der Waals surface area contributed by atoms with Crippen LogP contribution in [0.2, 0.25) is 0 Å². The molecule has 0 bridgehead atoms. The Morgan fingerprint density at radius 3 is 2.57 bits per heavy atom. The molecule has 1 aromatic rings. The predicted molar refractivity (Wildman–Crippen MR) is 105 cm³/mol. The van der Waals surface area contributed by atoms with E-state index < -0.39 is 0 Å². The second kappa shape index (κ2) is 9.24. The Morgan fingerprint density at radius 1 is 1.39 bits per heavy atom. The van der Waals surface area contributed by atoms with Crippen molar-refractivity contribution in [1.82, 2.24) is 4.72 Å². The number of hydrogen-bond acceptors (Lipinski definition) is 2. The average Bonchev–Trinajstić information content (AvgIpc) is 2.46. The van der Waals surface area contributed by atoms with Crippen LogP contribution in [0, 0.1) is 17.2 Å². The van der Waals surface area contributed by atoms with E-state index in [1.165, 1.54) is 0 Å². The maximum Gasteiger partial charge on any atom is 0.142 e. The minimum absolute atomic E-state index is 0.0611. The summed E-state index contributed by atoms with van der Waals surface area (Å²) in [6.45, 7) is 12.6. The summed E-state index contributed by atoms with van der Waals surface area (Å²) in [7, 11) is 1.88. The van der Waals surface area contributed by atoms with Gasteiger partial charge in [0.1, 0.15) is 5.82 Å². The summed E-state index contributed by atoms with van der Waals surface area (Å²) in [5, 5.41) is 0.0611. The first kappa shape index (κ1) is 20.7. The van der Waals surface area contributed by atoms with Crippen LogP contribution < -0.4 is 4.72 Å². The molecule has 0 spiro atoms. The maximum absolute atomic E-state index is 14.9. The van der Waals surface area contributed by atoms with Crippen LogP contribution in [-0.4, -0.2) is 7.05 Å². The molecule has 0 saturated heterocycles. The quantitative estimate of drug-likeness (QED) is 0.384. The van der Waals surface area contributed by atoms with E-state index in [-0.39, 0.29) is 16.5 Å². The van der Waals surface area contributed by atoms with E-state index in [1.807, 2.05) is 19.2 Å². The van der Waals surface area contributed by atoms with Crippen molar-refractivity contribution in [3.8, 4) is 0 Å². The van der Waals surface area contributed by atoms with Crippen molar-refractivity contribution in [3.05, 3.63) is 46.2 Å². The fourth-order valence-corrected chi connectivity index (χ4v) is 3.99. The third kappa shape index (κ3) is 6.24. The Bertz CT molecular complexity index is 525. The normalized spacial score (nSPS) is 14.6. The minimum atomic E-state index is -0.125. The van der Waals surface area contributed by atoms with E-state index in [0.717, 1.165) is 30.4 Å². The third-order valence-electron chi connectivity index (χ3n) is 3.94. The molecule has 4 heteroatoms. The topological polar surface area (TPSA) is 12.0 Å². The van der Waals surface area contributed by atoms with Gasteiger partial charge in [0.15, 0.2) is 0 Å². The molecule has 0 saturated carbocycles. The summed E-state index contributed by atoms with van der Waals surface area (Å²) >= 11 is 5.05. The van der Waals surface area contributed by atoms with Crippen molar-refractivity contribution >= 4 is 27.9 Å². The first-order chi connectivity index (χ1) is 10.7. The van der Waals surface area contributed by atoms with Crippen LogP contribution in [0.15, 0.2) is 29.3 Å². The Kier molecular flexibility index (Phi) is 8.32. The molecule has 0 aromatic heterocycles. The number of benzene rings is 1. The molecule has 0 aliphatic heterocycles. The maximum atomic E-state index is 14.9. The van der Waals surface area contributed by atoms with E-state index >= 15 is 0 Å². The highest BCUT2D eigenvalue weighted by molar-refractivity contribution is 9.10. The van der Waals surface area contributed by atoms with Crippen LogP contribution in [0.3, 0.4) is 0 Å². The molecule has 0 radical (unpaired) electrons. The summed E-state index contributed by atoms with van der Waals surface area (Å²) < 4.78 is 18.7. The van der Waals surface area contributed by atoms with Gasteiger partial charge in [0, 0.05) is 10.8 Å². The fraction of sp³-hybridized carbons (Fsp3) is 0.579. The van der Waals surface area contributed by atoms with Crippen molar-refractivity contribution in [2.45, 2.75) is 52.2 Å². The summed E-state index contributed by atoms with van der Waals surface area (Å²) in [5.41, 5.74) is 2.05. The zero-order chi connectivity index (χ0) is 17.6. The first-order valence-electron chi connectivity index (χ1n) is 8.11. The lowest BCUT2D eigenvalue weighted by atomic mass is 9.88. The van der Waals surface area contributed by atoms with Crippen LogP contribution >= 0.6 is 27.9 Å². The van der Waals surface area contributed by atoms with E-state index in [4.69, 9.17) is 0 Å². The molecule has 0 heterocycles. The molecule has 1 N–H and O–H groups in total. The highest BCUT2D eigenvalue weighted by atomic mass is 79.9. The molecule has 23 heavy (non-hydrogen) atoms. The van der Waals surface area contributed by atoms with E-state index in [9.17, 15) is 4.39 Å². The van der Waals surface area contributed by atoms with E-state index in [0.29, 0.717) is 10.4 Å². The van der Waals surface area contributed by atoms with Gasteiger partial charge in [-0.25, -0.2) is 4.39 Å². The predicted octanol–water partition coefficient (Wildman–Crippen LogP) is 6.69. The van der Waals surface area contributed by atoms with Crippen LogP contribution in [-0.2, 0) is 6.42 Å². The number of allylic oxidation sites excluding steroid dienone is 1. The molecule has 2 atom stereocenters. The molecule has 1 aromatic carbocycles. The SMILES string of the molecule is C=CCC(C)C(SNC)c1ccc(CCC(C)(C)C)c(Br)c1F. The summed E-state index contributed by atoms with van der Waals surface area (Å²) in [4.78, 5) is 0. The highest BCUT2D eigenvalue weighted by Crippen LogP contribution is 2.40. The molecule has 0 aliphatic carbocycles. The molecular formula is C19H29BrFNS. The van der Waals surface area contributed by atoms with Gasteiger partial charge in [-0.1, -0.05) is 57.9 Å². The first-order valence-corrected chi connectivity index (χ1v) is 9.78. The number of nitrogens with one attached hydrogen (secondary N) is 1. The lowest BCUT2D eigenvalue weighted by molar-refractivity contribution is 0.377. The number of aryl methyl sites for hydroxylation is 1. The fourth-order valence-electron chi connectivity index (χ4n) is 2.53. The van der Waals surface area contributed by atoms with Crippen LogP contribution in [0.5, 0.6) is 0 Å². The van der Waals surface area contributed by atoms with Crippen molar-refractivity contribution < 1.29 is 4.39 Å². The summed E-state index contributed by atoms with van der Waals surface area (Å²) in [6.07, 6.45) is 4.68. The van der Waals surface area contributed by atoms with Gasteiger partial charge >= 0.3 is 0 Å². The second-order valence-electron chi connectivity index (χ2n) is 7.25. The molecule has 0 fully saturated rings. The molecular weight excluding hydrogens is 373 g/mol. The molecule has 1 rings (SSSR count). The van der Waals surface area contributed by atoms with Crippen molar-refractivity contribution in [2.75, 3.05) is 7.05 Å². The average molecular weight is 402 g/mol. The standard InChI is InChI=1S/C19H29BrFNS/c1-7-8-13(2)18(23-22-6)15-10-9-14(16(20)17(15)21)11-12-19(3,4)5/h7,9-10,13,18,22H,1,8,11-12H2,2-6H3. The summed E-state index contributed by atoms with van der Waals surface area (Å²) in [6, 6.07) is 4.02. The van der Waals surface area contributed by atoms with Gasteiger partial charge in [0.25, 0.3) is 0 Å². The van der Waals surface area contributed by atoms with Crippen molar-refractivity contribution in [3.63, 3.8) is 0 Å². The van der Waals surface area contributed by atoms with Crippen LogP contribution in [0.1, 0.15) is 56.9 Å². The van der Waals surface area contributed by atoms with E-state index in [1.54, 1.807) is 11.9 Å². The zero-order valence-corrected chi connectivity index (χ0v) is 17.3. The molecule has 1 nitrogen and oxygen atoms in total. The summed E-state index contributed by atoms with van der Waals surface area (Å²) in [5.74, 6) is 0.187. The van der Waals surface area contributed by atoms with E-state index in [2.05, 4.69) is 61.0 Å². The van der Waals surface area contributed by atoms with Crippen molar-refractivity contribution in [2.24, 2.45) is 11.3 Å². The van der Waals surface area contributed by atoms with Crippen molar-refractivity contribution in [1.29, 1.82) is 0 Å². The molecule has 0 aliphatic rings. The minimum Gasteiger partial charge on any atom is -0.267 e. The Morgan fingerprint density at radius 2 is 2.04 bits per heavy atom. The van der Waals surface area contributed by atoms with Gasteiger partial charge in [-0.05, 0) is 59.1 Å². The highest BCUT2D eigenvalue weighted by Gasteiger charge is 2.24. The molecule has 130 valence electrons. The Hall–Kier alpha value is -0.320. The van der Waals surface area contributed by atoms with Crippen LogP contribution in [0.4, 0.5) is 4.39 Å². The largest absolute Gasteiger partial charge is 0.267 e. The lowest BCUT2D eigenvalue weighted by Gasteiger charge is -2.24.